The molecule has 1 aliphatic heterocycles. The van der Waals surface area contributed by atoms with Crippen molar-refractivity contribution < 1.29 is 14.3 Å². The van der Waals surface area contributed by atoms with E-state index in [1.54, 1.807) is 11.8 Å². The summed E-state index contributed by atoms with van der Waals surface area (Å²) in [6.07, 6.45) is 0.326. The summed E-state index contributed by atoms with van der Waals surface area (Å²) in [6.45, 7) is 4.45. The van der Waals surface area contributed by atoms with E-state index in [2.05, 4.69) is 21.2 Å². The Morgan fingerprint density at radius 2 is 2.14 bits per heavy atom. The number of rotatable bonds is 4. The number of ether oxygens (including phenoxy) is 1. The lowest BCUT2D eigenvalue weighted by Crippen LogP contribution is -2.46. The maximum atomic E-state index is 12.2. The molecule has 2 rings (SSSR count). The van der Waals surface area contributed by atoms with Gasteiger partial charge in [0.15, 0.2) is 0 Å². The van der Waals surface area contributed by atoms with Crippen molar-refractivity contribution in [3.8, 4) is 5.75 Å². The van der Waals surface area contributed by atoms with Crippen molar-refractivity contribution in [3.05, 3.63) is 28.7 Å². The van der Waals surface area contributed by atoms with Crippen molar-refractivity contribution in [2.75, 3.05) is 13.2 Å². The zero-order valence-electron chi connectivity index (χ0n) is 12.1. The maximum Gasteiger partial charge on any atom is 0.245 e. The van der Waals surface area contributed by atoms with Crippen LogP contribution in [0.25, 0.3) is 0 Å². The van der Waals surface area contributed by atoms with Gasteiger partial charge in [-0.3, -0.25) is 9.59 Å². The number of carbonyl (C=O) groups excluding carboxylic acids is 2. The topological polar surface area (TPSA) is 58.6 Å². The third kappa shape index (κ3) is 4.20. The lowest BCUT2D eigenvalue weighted by molar-refractivity contribution is -0.134. The molecule has 1 heterocycles. The molecule has 1 aliphatic rings. The van der Waals surface area contributed by atoms with Crippen LogP contribution in [-0.4, -0.2) is 41.9 Å². The van der Waals surface area contributed by atoms with E-state index in [1.165, 1.54) is 0 Å². The smallest absolute Gasteiger partial charge is 0.245 e. The number of hydrogen-bond acceptors (Lipinski definition) is 3. The lowest BCUT2D eigenvalue weighted by atomic mass is 10.2. The summed E-state index contributed by atoms with van der Waals surface area (Å²) >= 11 is 3.38. The number of nitrogens with one attached hydrogen (secondary N) is 1. The van der Waals surface area contributed by atoms with Gasteiger partial charge in [0, 0.05) is 16.9 Å². The van der Waals surface area contributed by atoms with Crippen LogP contribution in [-0.2, 0) is 9.59 Å². The lowest BCUT2D eigenvalue weighted by Gasteiger charge is -2.27. The van der Waals surface area contributed by atoms with Crippen LogP contribution in [0.2, 0.25) is 0 Å². The third-order valence-corrected chi connectivity index (χ3v) is 3.93. The number of amides is 2. The molecule has 0 aliphatic carbocycles. The molecule has 0 aromatic heterocycles. The van der Waals surface area contributed by atoms with Crippen molar-refractivity contribution in [2.45, 2.75) is 32.4 Å². The molecule has 0 bridgehead atoms. The van der Waals surface area contributed by atoms with Crippen molar-refractivity contribution in [1.29, 1.82) is 0 Å². The van der Waals surface area contributed by atoms with E-state index >= 15 is 0 Å². The molecule has 0 spiro atoms. The molecule has 0 radical (unpaired) electrons. The predicted octanol–water partition coefficient (Wildman–Crippen LogP) is 1.95. The van der Waals surface area contributed by atoms with E-state index < -0.39 is 6.04 Å². The standard InChI is InChI=1S/C15H19BrN2O3/c1-10-8-14(19)17-11(2)15(20)18(10)6-7-21-13-5-3-4-12(16)9-13/h3-5,9-11H,6-8H2,1-2H3,(H,17,19). The minimum atomic E-state index is -0.478. The summed E-state index contributed by atoms with van der Waals surface area (Å²) in [4.78, 5) is 25.6. The van der Waals surface area contributed by atoms with Crippen molar-refractivity contribution >= 4 is 27.7 Å². The highest BCUT2D eigenvalue weighted by atomic mass is 79.9. The van der Waals surface area contributed by atoms with Gasteiger partial charge in [-0.1, -0.05) is 22.0 Å². The summed E-state index contributed by atoms with van der Waals surface area (Å²) in [5, 5.41) is 2.69. The van der Waals surface area contributed by atoms with E-state index in [0.29, 0.717) is 19.6 Å². The first-order chi connectivity index (χ1) is 9.97. The van der Waals surface area contributed by atoms with E-state index in [0.717, 1.165) is 10.2 Å². The highest BCUT2D eigenvalue weighted by Gasteiger charge is 2.31. The van der Waals surface area contributed by atoms with Gasteiger partial charge in [0.2, 0.25) is 11.8 Å². The van der Waals surface area contributed by atoms with Gasteiger partial charge in [-0.15, -0.1) is 0 Å². The van der Waals surface area contributed by atoms with Crippen LogP contribution in [0.5, 0.6) is 5.75 Å². The van der Waals surface area contributed by atoms with E-state index in [-0.39, 0.29) is 17.9 Å². The van der Waals surface area contributed by atoms with Gasteiger partial charge in [-0.05, 0) is 32.0 Å². The van der Waals surface area contributed by atoms with Crippen LogP contribution in [0.3, 0.4) is 0 Å². The molecule has 1 N–H and O–H groups in total. The van der Waals surface area contributed by atoms with Crippen molar-refractivity contribution in [1.82, 2.24) is 10.2 Å². The highest BCUT2D eigenvalue weighted by molar-refractivity contribution is 9.10. The average molecular weight is 355 g/mol. The van der Waals surface area contributed by atoms with E-state index in [4.69, 9.17) is 4.74 Å². The van der Waals surface area contributed by atoms with Crippen LogP contribution in [0.1, 0.15) is 20.3 Å². The van der Waals surface area contributed by atoms with Crippen molar-refractivity contribution in [2.24, 2.45) is 0 Å². The molecule has 2 atom stereocenters. The van der Waals surface area contributed by atoms with E-state index in [9.17, 15) is 9.59 Å². The number of halogens is 1. The summed E-state index contributed by atoms with van der Waals surface area (Å²) in [6, 6.07) is 6.96. The Balaban J connectivity index is 1.94. The van der Waals surface area contributed by atoms with Crippen LogP contribution in [0.15, 0.2) is 28.7 Å². The molecular weight excluding hydrogens is 336 g/mol. The fraction of sp³-hybridized carbons (Fsp3) is 0.467. The predicted molar refractivity (Wildman–Crippen MR) is 83.0 cm³/mol. The van der Waals surface area contributed by atoms with Gasteiger partial charge in [-0.25, -0.2) is 0 Å². The van der Waals surface area contributed by atoms with Crippen molar-refractivity contribution in [3.63, 3.8) is 0 Å². The van der Waals surface area contributed by atoms with Gasteiger partial charge >= 0.3 is 0 Å². The monoisotopic (exact) mass is 354 g/mol. The second-order valence-corrected chi connectivity index (χ2v) is 6.10. The first kappa shape index (κ1) is 15.8. The number of benzene rings is 1. The highest BCUT2D eigenvalue weighted by Crippen LogP contribution is 2.18. The first-order valence-electron chi connectivity index (χ1n) is 6.95. The van der Waals surface area contributed by atoms with Gasteiger partial charge in [0.25, 0.3) is 0 Å². The molecule has 114 valence electrons. The Hall–Kier alpha value is -1.56. The molecule has 0 saturated carbocycles. The molecule has 21 heavy (non-hydrogen) atoms. The largest absolute Gasteiger partial charge is 0.492 e. The van der Waals surface area contributed by atoms with Crippen LogP contribution < -0.4 is 10.1 Å². The Kier molecular flexibility index (Phi) is 5.22. The molecule has 2 unspecified atom stereocenters. The van der Waals surface area contributed by atoms with Crippen LogP contribution in [0.4, 0.5) is 0 Å². The fourth-order valence-corrected chi connectivity index (χ4v) is 2.73. The summed E-state index contributed by atoms with van der Waals surface area (Å²) < 4.78 is 6.61. The summed E-state index contributed by atoms with van der Waals surface area (Å²) in [5.41, 5.74) is 0. The molecule has 2 amide bonds. The zero-order chi connectivity index (χ0) is 15.4. The average Bonchev–Trinajstić information content (AvgIpc) is 2.50. The Bertz CT molecular complexity index is 535. The van der Waals surface area contributed by atoms with Crippen LogP contribution in [0, 0.1) is 0 Å². The van der Waals surface area contributed by atoms with Gasteiger partial charge in [-0.2, -0.15) is 0 Å². The van der Waals surface area contributed by atoms with Gasteiger partial charge < -0.3 is 15.0 Å². The number of nitrogens with zero attached hydrogens (tertiary/aromatic N) is 1. The minimum Gasteiger partial charge on any atom is -0.492 e. The second-order valence-electron chi connectivity index (χ2n) is 5.18. The van der Waals surface area contributed by atoms with Crippen LogP contribution >= 0.6 is 15.9 Å². The maximum absolute atomic E-state index is 12.2. The molecule has 1 saturated heterocycles. The SMILES string of the molecule is CC1NC(=O)CC(C)N(CCOc2cccc(Br)c2)C1=O. The third-order valence-electron chi connectivity index (χ3n) is 3.44. The molecule has 5 nitrogen and oxygen atoms in total. The number of hydrogen-bond donors (Lipinski definition) is 1. The Morgan fingerprint density at radius 3 is 2.86 bits per heavy atom. The molecular formula is C15H19BrN2O3. The molecule has 6 heteroatoms. The fourth-order valence-electron chi connectivity index (χ4n) is 2.36. The summed E-state index contributed by atoms with van der Waals surface area (Å²) in [5.74, 6) is 0.603. The zero-order valence-corrected chi connectivity index (χ0v) is 13.7. The Morgan fingerprint density at radius 1 is 1.38 bits per heavy atom. The Labute approximate surface area is 132 Å². The first-order valence-corrected chi connectivity index (χ1v) is 7.75. The molecule has 1 aromatic carbocycles. The summed E-state index contributed by atoms with van der Waals surface area (Å²) in [7, 11) is 0. The van der Waals surface area contributed by atoms with Gasteiger partial charge in [0.05, 0.1) is 6.54 Å². The molecule has 1 aromatic rings. The van der Waals surface area contributed by atoms with Gasteiger partial charge in [0.1, 0.15) is 18.4 Å². The normalized spacial score (nSPS) is 22.7. The number of carbonyl (C=O) groups is 2. The quantitative estimate of drug-likeness (QED) is 0.898. The van der Waals surface area contributed by atoms with E-state index in [1.807, 2.05) is 31.2 Å². The second kappa shape index (κ2) is 6.93. The minimum absolute atomic E-state index is 0.0637. The molecule has 1 fully saturated rings.